The van der Waals surface area contributed by atoms with Crippen LogP contribution in [0.5, 0.6) is 0 Å². The molecular formula is C15H17N. The minimum Gasteiger partial charge on any atom is -0.326 e. The highest BCUT2D eigenvalue weighted by atomic mass is 14.5. The van der Waals surface area contributed by atoms with Crippen LogP contribution in [0.1, 0.15) is 22.3 Å². The van der Waals surface area contributed by atoms with Crippen molar-refractivity contribution in [3.05, 3.63) is 70.8 Å². The van der Waals surface area contributed by atoms with Crippen molar-refractivity contribution in [1.29, 1.82) is 0 Å². The Morgan fingerprint density at radius 2 is 1.56 bits per heavy atom. The molecule has 0 saturated heterocycles. The number of hydrogen-bond donors (Lipinski definition) is 1. The summed E-state index contributed by atoms with van der Waals surface area (Å²) in [6, 6.07) is 17.2. The average Bonchev–Trinajstić information content (AvgIpc) is 2.32. The Bertz CT molecular complexity index is 457. The molecule has 2 N–H and O–H groups in total. The van der Waals surface area contributed by atoms with E-state index in [9.17, 15) is 0 Å². The molecule has 2 rings (SSSR count). The van der Waals surface area contributed by atoms with E-state index in [0.29, 0.717) is 6.54 Å². The summed E-state index contributed by atoms with van der Waals surface area (Å²) in [6.07, 6.45) is 0.980. The maximum Gasteiger partial charge on any atom is 0.0178 e. The molecular weight excluding hydrogens is 194 g/mol. The molecule has 0 aliphatic heterocycles. The Balaban J connectivity index is 2.16. The van der Waals surface area contributed by atoms with Crippen molar-refractivity contribution in [3.8, 4) is 0 Å². The molecule has 0 aliphatic rings. The summed E-state index contributed by atoms with van der Waals surface area (Å²) in [5, 5.41) is 0. The summed E-state index contributed by atoms with van der Waals surface area (Å²) < 4.78 is 0. The highest BCUT2D eigenvalue weighted by Crippen LogP contribution is 2.12. The van der Waals surface area contributed by atoms with Crippen LogP contribution < -0.4 is 5.73 Å². The Morgan fingerprint density at radius 1 is 0.875 bits per heavy atom. The minimum atomic E-state index is 0.613. The van der Waals surface area contributed by atoms with E-state index in [1.54, 1.807) is 0 Å². The van der Waals surface area contributed by atoms with E-state index in [2.05, 4.69) is 55.5 Å². The molecule has 0 heterocycles. The number of aryl methyl sites for hydroxylation is 1. The van der Waals surface area contributed by atoms with E-state index in [0.717, 1.165) is 6.42 Å². The molecule has 0 amide bonds. The van der Waals surface area contributed by atoms with Gasteiger partial charge in [-0.2, -0.15) is 0 Å². The first-order valence-electron chi connectivity index (χ1n) is 5.61. The average molecular weight is 211 g/mol. The summed E-state index contributed by atoms with van der Waals surface area (Å²) in [6.45, 7) is 2.72. The van der Waals surface area contributed by atoms with Crippen LogP contribution in [0.2, 0.25) is 0 Å². The summed E-state index contributed by atoms with van der Waals surface area (Å²) in [7, 11) is 0. The molecule has 0 aromatic heterocycles. The normalized spacial score (nSPS) is 10.4. The molecule has 0 radical (unpaired) electrons. The molecule has 0 spiro atoms. The summed E-state index contributed by atoms with van der Waals surface area (Å²) in [4.78, 5) is 0. The predicted molar refractivity (Wildman–Crippen MR) is 68.3 cm³/mol. The van der Waals surface area contributed by atoms with E-state index < -0.39 is 0 Å². The fraction of sp³-hybridized carbons (Fsp3) is 0.200. The van der Waals surface area contributed by atoms with Gasteiger partial charge in [-0.25, -0.2) is 0 Å². The first-order chi connectivity index (χ1) is 7.78. The number of hydrogen-bond acceptors (Lipinski definition) is 1. The highest BCUT2D eigenvalue weighted by molar-refractivity contribution is 5.30. The van der Waals surface area contributed by atoms with Gasteiger partial charge in [0, 0.05) is 6.54 Å². The lowest BCUT2D eigenvalue weighted by Crippen LogP contribution is -1.97. The Morgan fingerprint density at radius 3 is 2.25 bits per heavy atom. The van der Waals surface area contributed by atoms with Gasteiger partial charge < -0.3 is 5.73 Å². The zero-order valence-electron chi connectivity index (χ0n) is 9.61. The van der Waals surface area contributed by atoms with Gasteiger partial charge in [-0.05, 0) is 30.0 Å². The quantitative estimate of drug-likeness (QED) is 0.829. The first-order valence-corrected chi connectivity index (χ1v) is 5.61. The second kappa shape index (κ2) is 4.95. The third-order valence-electron chi connectivity index (χ3n) is 2.76. The fourth-order valence-corrected chi connectivity index (χ4v) is 1.81. The molecule has 1 nitrogen and oxygen atoms in total. The first kappa shape index (κ1) is 10.9. The number of nitrogens with two attached hydrogens (primary N) is 1. The van der Waals surface area contributed by atoms with E-state index in [1.165, 1.54) is 22.3 Å². The lowest BCUT2D eigenvalue weighted by atomic mass is 10.0. The van der Waals surface area contributed by atoms with Gasteiger partial charge in [0.05, 0.1) is 0 Å². The molecule has 82 valence electrons. The summed E-state index contributed by atoms with van der Waals surface area (Å²) >= 11 is 0. The number of benzene rings is 2. The van der Waals surface area contributed by atoms with Crippen molar-refractivity contribution < 1.29 is 0 Å². The van der Waals surface area contributed by atoms with Crippen molar-refractivity contribution in [3.63, 3.8) is 0 Å². The van der Waals surface area contributed by atoms with Crippen molar-refractivity contribution >= 4 is 0 Å². The highest BCUT2D eigenvalue weighted by Gasteiger charge is 1.97. The van der Waals surface area contributed by atoms with Crippen LogP contribution in [0.3, 0.4) is 0 Å². The van der Waals surface area contributed by atoms with Gasteiger partial charge in [0.1, 0.15) is 0 Å². The molecule has 16 heavy (non-hydrogen) atoms. The Kier molecular flexibility index (Phi) is 3.37. The monoisotopic (exact) mass is 211 g/mol. The maximum atomic E-state index is 5.63. The smallest absolute Gasteiger partial charge is 0.0178 e. The van der Waals surface area contributed by atoms with Gasteiger partial charge in [0.25, 0.3) is 0 Å². The SMILES string of the molecule is Cc1ccc(Cc2cccc(CN)c2)cc1. The van der Waals surface area contributed by atoms with Crippen LogP contribution in [-0.4, -0.2) is 0 Å². The topological polar surface area (TPSA) is 26.0 Å². The molecule has 2 aromatic carbocycles. The second-order valence-corrected chi connectivity index (χ2v) is 4.19. The van der Waals surface area contributed by atoms with Crippen molar-refractivity contribution in [2.75, 3.05) is 0 Å². The molecule has 0 aliphatic carbocycles. The molecule has 2 aromatic rings. The van der Waals surface area contributed by atoms with Gasteiger partial charge in [-0.1, -0.05) is 54.1 Å². The molecule has 1 heteroatoms. The van der Waals surface area contributed by atoms with Crippen LogP contribution in [0, 0.1) is 6.92 Å². The van der Waals surface area contributed by atoms with Crippen molar-refractivity contribution in [2.24, 2.45) is 5.73 Å². The van der Waals surface area contributed by atoms with Gasteiger partial charge in [0.2, 0.25) is 0 Å². The van der Waals surface area contributed by atoms with Crippen LogP contribution >= 0.6 is 0 Å². The minimum absolute atomic E-state index is 0.613. The van der Waals surface area contributed by atoms with E-state index in [-0.39, 0.29) is 0 Å². The molecule has 0 fully saturated rings. The van der Waals surface area contributed by atoms with Crippen LogP contribution in [-0.2, 0) is 13.0 Å². The largest absolute Gasteiger partial charge is 0.326 e. The fourth-order valence-electron chi connectivity index (χ4n) is 1.81. The lowest BCUT2D eigenvalue weighted by molar-refractivity contribution is 1.05. The lowest BCUT2D eigenvalue weighted by Gasteiger charge is -2.04. The Labute approximate surface area is 96.9 Å². The molecule has 0 bridgehead atoms. The molecule has 0 saturated carbocycles. The van der Waals surface area contributed by atoms with Gasteiger partial charge in [0.15, 0.2) is 0 Å². The zero-order valence-corrected chi connectivity index (χ0v) is 9.61. The second-order valence-electron chi connectivity index (χ2n) is 4.19. The van der Waals surface area contributed by atoms with Crippen LogP contribution in [0.25, 0.3) is 0 Å². The van der Waals surface area contributed by atoms with Crippen LogP contribution in [0.4, 0.5) is 0 Å². The third-order valence-corrected chi connectivity index (χ3v) is 2.76. The predicted octanol–water partition coefficient (Wildman–Crippen LogP) is 3.04. The van der Waals surface area contributed by atoms with Crippen molar-refractivity contribution in [2.45, 2.75) is 19.9 Å². The van der Waals surface area contributed by atoms with E-state index in [4.69, 9.17) is 5.73 Å². The molecule has 0 unspecified atom stereocenters. The van der Waals surface area contributed by atoms with Gasteiger partial charge in [-0.15, -0.1) is 0 Å². The van der Waals surface area contributed by atoms with Crippen LogP contribution in [0.15, 0.2) is 48.5 Å². The van der Waals surface area contributed by atoms with E-state index in [1.807, 2.05) is 0 Å². The van der Waals surface area contributed by atoms with Gasteiger partial charge in [-0.3, -0.25) is 0 Å². The molecule has 0 atom stereocenters. The van der Waals surface area contributed by atoms with E-state index >= 15 is 0 Å². The summed E-state index contributed by atoms with van der Waals surface area (Å²) in [5.41, 5.74) is 10.8. The van der Waals surface area contributed by atoms with Crippen molar-refractivity contribution in [1.82, 2.24) is 0 Å². The maximum absolute atomic E-state index is 5.63. The van der Waals surface area contributed by atoms with Gasteiger partial charge >= 0.3 is 0 Å². The standard InChI is InChI=1S/C15H17N/c1-12-5-7-13(8-6-12)9-14-3-2-4-15(10-14)11-16/h2-8,10H,9,11,16H2,1H3. The Hall–Kier alpha value is -1.60. The third kappa shape index (κ3) is 2.71. The zero-order chi connectivity index (χ0) is 11.4. The summed E-state index contributed by atoms with van der Waals surface area (Å²) in [5.74, 6) is 0. The number of rotatable bonds is 3.